The topological polar surface area (TPSA) is 42.0 Å². The molecule has 0 saturated carbocycles. The summed E-state index contributed by atoms with van der Waals surface area (Å²) in [6.45, 7) is 6.50. The molecule has 0 N–H and O–H groups in total. The fourth-order valence-corrected chi connectivity index (χ4v) is 3.54. The lowest BCUT2D eigenvalue weighted by Gasteiger charge is -2.22. The summed E-state index contributed by atoms with van der Waals surface area (Å²) in [5.41, 5.74) is 2.40. The van der Waals surface area contributed by atoms with Gasteiger partial charge in [-0.1, -0.05) is 37.3 Å². The molecule has 0 radical (unpaired) electrons. The van der Waals surface area contributed by atoms with E-state index < -0.39 is 0 Å². The van der Waals surface area contributed by atoms with Crippen molar-refractivity contribution in [3.63, 3.8) is 0 Å². The van der Waals surface area contributed by atoms with Crippen LogP contribution in [0.1, 0.15) is 24.5 Å². The molecule has 2 aromatic rings. The maximum Gasteiger partial charge on any atom is 0.260 e. The van der Waals surface area contributed by atoms with Gasteiger partial charge in [-0.3, -0.25) is 9.69 Å². The van der Waals surface area contributed by atoms with Crippen molar-refractivity contribution in [2.75, 3.05) is 39.9 Å². The van der Waals surface area contributed by atoms with Gasteiger partial charge in [0.2, 0.25) is 0 Å². The van der Waals surface area contributed by atoms with Crippen LogP contribution in [0.4, 0.5) is 0 Å². The molecule has 1 heterocycles. The number of aryl methyl sites for hydroxylation is 1. The number of amides is 1. The zero-order chi connectivity index (χ0) is 19.8. The van der Waals surface area contributed by atoms with E-state index in [0.717, 1.165) is 62.6 Å². The first-order chi connectivity index (χ1) is 13.7. The second-order valence-electron chi connectivity index (χ2n) is 7.11. The van der Waals surface area contributed by atoms with Crippen molar-refractivity contribution < 1.29 is 14.3 Å². The van der Waals surface area contributed by atoms with E-state index in [1.165, 1.54) is 5.56 Å². The first-order valence-corrected chi connectivity index (χ1v) is 10.0. The third-order valence-corrected chi connectivity index (χ3v) is 5.21. The van der Waals surface area contributed by atoms with Gasteiger partial charge in [-0.2, -0.15) is 0 Å². The summed E-state index contributed by atoms with van der Waals surface area (Å²) in [5.74, 6) is 1.76. The fraction of sp³-hybridized carbons (Fsp3) is 0.435. The Morgan fingerprint density at radius 3 is 2.54 bits per heavy atom. The van der Waals surface area contributed by atoms with Crippen molar-refractivity contribution in [1.29, 1.82) is 0 Å². The number of ether oxygens (including phenoxy) is 2. The van der Waals surface area contributed by atoms with Crippen molar-refractivity contribution in [1.82, 2.24) is 9.80 Å². The quantitative estimate of drug-likeness (QED) is 0.736. The van der Waals surface area contributed by atoms with Gasteiger partial charge in [0.15, 0.2) is 6.61 Å². The van der Waals surface area contributed by atoms with Crippen molar-refractivity contribution in [3.8, 4) is 11.5 Å². The molecule has 0 aromatic heterocycles. The van der Waals surface area contributed by atoms with Gasteiger partial charge in [0.05, 0.1) is 7.11 Å². The Labute approximate surface area is 167 Å². The van der Waals surface area contributed by atoms with E-state index in [0.29, 0.717) is 0 Å². The average Bonchev–Trinajstić information content (AvgIpc) is 2.98. The van der Waals surface area contributed by atoms with E-state index in [-0.39, 0.29) is 12.5 Å². The van der Waals surface area contributed by atoms with Crippen LogP contribution in [0.3, 0.4) is 0 Å². The highest BCUT2D eigenvalue weighted by Crippen LogP contribution is 2.18. The normalized spacial score (nSPS) is 15.1. The van der Waals surface area contributed by atoms with E-state index in [1.54, 1.807) is 7.11 Å². The SMILES string of the molecule is CCc1ccccc1OCC(=O)N1CCCN(Cc2ccc(OC)cc2)CC1. The molecule has 1 aliphatic rings. The van der Waals surface area contributed by atoms with Crippen LogP contribution in [0.25, 0.3) is 0 Å². The molecule has 0 spiro atoms. The number of carbonyl (C=O) groups is 1. The molecule has 1 aliphatic heterocycles. The van der Waals surface area contributed by atoms with Crippen LogP contribution in [0, 0.1) is 0 Å². The van der Waals surface area contributed by atoms with Crippen LogP contribution in [0.5, 0.6) is 11.5 Å². The Morgan fingerprint density at radius 1 is 1.00 bits per heavy atom. The molecule has 0 aliphatic carbocycles. The average molecular weight is 383 g/mol. The van der Waals surface area contributed by atoms with Gasteiger partial charge in [-0.25, -0.2) is 0 Å². The highest BCUT2D eigenvalue weighted by molar-refractivity contribution is 5.77. The monoisotopic (exact) mass is 382 g/mol. The van der Waals surface area contributed by atoms with Crippen molar-refractivity contribution in [3.05, 3.63) is 59.7 Å². The molecule has 0 unspecified atom stereocenters. The molecule has 3 rings (SSSR count). The van der Waals surface area contributed by atoms with E-state index in [1.807, 2.05) is 41.3 Å². The molecule has 1 amide bonds. The second-order valence-corrected chi connectivity index (χ2v) is 7.11. The summed E-state index contributed by atoms with van der Waals surface area (Å²) < 4.78 is 11.0. The number of carbonyl (C=O) groups excluding carboxylic acids is 1. The van der Waals surface area contributed by atoms with Gasteiger partial charge in [-0.05, 0) is 42.2 Å². The minimum absolute atomic E-state index is 0.0669. The number of benzene rings is 2. The highest BCUT2D eigenvalue weighted by atomic mass is 16.5. The van der Waals surface area contributed by atoms with E-state index in [2.05, 4.69) is 24.0 Å². The molecular weight excluding hydrogens is 352 g/mol. The summed E-state index contributed by atoms with van der Waals surface area (Å²) in [6, 6.07) is 16.1. The molecule has 1 saturated heterocycles. The summed E-state index contributed by atoms with van der Waals surface area (Å²) in [6.07, 6.45) is 1.88. The molecule has 5 heteroatoms. The Morgan fingerprint density at radius 2 is 1.79 bits per heavy atom. The molecule has 2 aromatic carbocycles. The Hall–Kier alpha value is -2.53. The minimum Gasteiger partial charge on any atom is -0.497 e. The van der Waals surface area contributed by atoms with E-state index in [9.17, 15) is 4.79 Å². The lowest BCUT2D eigenvalue weighted by molar-refractivity contribution is -0.133. The lowest BCUT2D eigenvalue weighted by Crippen LogP contribution is -2.38. The number of para-hydroxylation sites is 1. The maximum atomic E-state index is 12.6. The Balaban J connectivity index is 1.49. The van der Waals surface area contributed by atoms with Crippen LogP contribution in [-0.4, -0.2) is 55.6 Å². The minimum atomic E-state index is 0.0669. The van der Waals surface area contributed by atoms with E-state index in [4.69, 9.17) is 9.47 Å². The zero-order valence-electron chi connectivity index (χ0n) is 16.9. The van der Waals surface area contributed by atoms with E-state index >= 15 is 0 Å². The standard InChI is InChI=1S/C23H30N2O3/c1-3-20-7-4-5-8-22(20)28-18-23(26)25-14-6-13-24(15-16-25)17-19-9-11-21(27-2)12-10-19/h4-5,7-12H,3,6,13-18H2,1-2H3. The second kappa shape index (κ2) is 10.1. The predicted molar refractivity (Wildman–Crippen MR) is 111 cm³/mol. The third kappa shape index (κ3) is 5.49. The molecule has 150 valence electrons. The largest absolute Gasteiger partial charge is 0.497 e. The molecule has 5 nitrogen and oxygen atoms in total. The first-order valence-electron chi connectivity index (χ1n) is 10.0. The van der Waals surface area contributed by atoms with Gasteiger partial charge in [0.1, 0.15) is 11.5 Å². The number of rotatable bonds is 7. The number of hydrogen-bond donors (Lipinski definition) is 0. The first kappa shape index (κ1) is 20.2. The third-order valence-electron chi connectivity index (χ3n) is 5.21. The molecule has 1 fully saturated rings. The van der Waals surface area contributed by atoms with Crippen LogP contribution in [0.15, 0.2) is 48.5 Å². The van der Waals surface area contributed by atoms with Crippen molar-refractivity contribution >= 4 is 5.91 Å². The van der Waals surface area contributed by atoms with Crippen LogP contribution < -0.4 is 9.47 Å². The summed E-state index contributed by atoms with van der Waals surface area (Å²) >= 11 is 0. The van der Waals surface area contributed by atoms with Gasteiger partial charge in [0.25, 0.3) is 5.91 Å². The van der Waals surface area contributed by atoms with Gasteiger partial charge in [0, 0.05) is 32.7 Å². The predicted octanol–water partition coefficient (Wildman–Crippen LogP) is 3.37. The van der Waals surface area contributed by atoms with Gasteiger partial charge in [-0.15, -0.1) is 0 Å². The van der Waals surface area contributed by atoms with Crippen molar-refractivity contribution in [2.24, 2.45) is 0 Å². The summed E-state index contributed by atoms with van der Waals surface area (Å²) in [4.78, 5) is 17.0. The van der Waals surface area contributed by atoms with Crippen LogP contribution in [-0.2, 0) is 17.8 Å². The fourth-order valence-electron chi connectivity index (χ4n) is 3.54. The van der Waals surface area contributed by atoms with Gasteiger partial charge >= 0.3 is 0 Å². The summed E-state index contributed by atoms with van der Waals surface area (Å²) in [7, 11) is 1.68. The highest BCUT2D eigenvalue weighted by Gasteiger charge is 2.20. The number of methoxy groups -OCH3 is 1. The molecule has 0 bridgehead atoms. The molecule has 0 atom stereocenters. The number of nitrogens with zero attached hydrogens (tertiary/aromatic N) is 2. The zero-order valence-corrected chi connectivity index (χ0v) is 16.9. The van der Waals surface area contributed by atoms with Gasteiger partial charge < -0.3 is 14.4 Å². The van der Waals surface area contributed by atoms with Crippen LogP contribution in [0.2, 0.25) is 0 Å². The van der Waals surface area contributed by atoms with Crippen LogP contribution >= 0.6 is 0 Å². The number of hydrogen-bond acceptors (Lipinski definition) is 4. The van der Waals surface area contributed by atoms with Crippen molar-refractivity contribution in [2.45, 2.75) is 26.3 Å². The smallest absolute Gasteiger partial charge is 0.260 e. The maximum absolute atomic E-state index is 12.6. The molecular formula is C23H30N2O3. The summed E-state index contributed by atoms with van der Waals surface area (Å²) in [5, 5.41) is 0. The molecule has 28 heavy (non-hydrogen) atoms. The lowest BCUT2D eigenvalue weighted by atomic mass is 10.1. The Kier molecular flexibility index (Phi) is 7.31. The Bertz CT molecular complexity index is 761.